The van der Waals surface area contributed by atoms with Gasteiger partial charge in [0.2, 0.25) is 0 Å². The summed E-state index contributed by atoms with van der Waals surface area (Å²) in [5.74, 6) is 0.156. The molecule has 0 fully saturated rings. The van der Waals surface area contributed by atoms with E-state index < -0.39 is 10.8 Å². The molecule has 0 aliphatic carbocycles. The number of aromatic nitrogens is 2. The normalized spacial score (nSPS) is 10.3. The van der Waals surface area contributed by atoms with E-state index in [1.807, 2.05) is 0 Å². The van der Waals surface area contributed by atoms with Crippen molar-refractivity contribution >= 4 is 17.3 Å². The number of methoxy groups -OCH3 is 1. The molecular weight excluding hydrogens is 324 g/mol. The van der Waals surface area contributed by atoms with Gasteiger partial charge in [0.1, 0.15) is 11.4 Å². The van der Waals surface area contributed by atoms with Crippen LogP contribution in [0.5, 0.6) is 5.75 Å². The first-order valence-corrected chi connectivity index (χ1v) is 7.32. The van der Waals surface area contributed by atoms with Crippen molar-refractivity contribution in [3.8, 4) is 17.1 Å². The van der Waals surface area contributed by atoms with Crippen LogP contribution in [0.4, 0.5) is 11.4 Å². The molecule has 2 N–H and O–H groups in total. The standard InChI is InChI=1S/C17H14N4O4/c1-25-14-4-2-3-13(15(14)21(23)24)17(22)20-12-7-5-11(6-8-12)16-18-9-10-19-16/h2-10H,1H3,(H,18,19)(H,20,22). The summed E-state index contributed by atoms with van der Waals surface area (Å²) in [6, 6.07) is 11.3. The number of imidazole rings is 1. The molecule has 2 aromatic carbocycles. The number of hydrogen-bond donors (Lipinski definition) is 2. The van der Waals surface area contributed by atoms with Gasteiger partial charge in [-0.25, -0.2) is 4.98 Å². The highest BCUT2D eigenvalue weighted by molar-refractivity contribution is 6.07. The van der Waals surface area contributed by atoms with Crippen LogP contribution in [0.15, 0.2) is 54.9 Å². The lowest BCUT2D eigenvalue weighted by atomic mass is 10.1. The van der Waals surface area contributed by atoms with Crippen molar-refractivity contribution in [1.29, 1.82) is 0 Å². The van der Waals surface area contributed by atoms with E-state index in [0.717, 1.165) is 5.56 Å². The molecule has 0 radical (unpaired) electrons. The molecule has 0 aliphatic heterocycles. The number of nitrogens with zero attached hydrogens (tertiary/aromatic N) is 2. The van der Waals surface area contributed by atoms with Crippen LogP contribution in [0.2, 0.25) is 0 Å². The zero-order valence-corrected chi connectivity index (χ0v) is 13.2. The van der Waals surface area contributed by atoms with Gasteiger partial charge in [0.15, 0.2) is 5.75 Å². The number of amides is 1. The van der Waals surface area contributed by atoms with Crippen molar-refractivity contribution < 1.29 is 14.5 Å². The van der Waals surface area contributed by atoms with Crippen LogP contribution in [-0.2, 0) is 0 Å². The van der Waals surface area contributed by atoms with Crippen molar-refractivity contribution in [2.75, 3.05) is 12.4 Å². The van der Waals surface area contributed by atoms with Crippen LogP contribution in [-0.4, -0.2) is 27.9 Å². The average Bonchev–Trinajstić information content (AvgIpc) is 3.16. The van der Waals surface area contributed by atoms with Gasteiger partial charge in [0.25, 0.3) is 5.91 Å². The van der Waals surface area contributed by atoms with E-state index in [-0.39, 0.29) is 17.0 Å². The van der Waals surface area contributed by atoms with Gasteiger partial charge >= 0.3 is 5.69 Å². The largest absolute Gasteiger partial charge is 0.490 e. The van der Waals surface area contributed by atoms with Gasteiger partial charge < -0.3 is 15.0 Å². The molecule has 1 aromatic heterocycles. The summed E-state index contributed by atoms with van der Waals surface area (Å²) >= 11 is 0. The molecule has 1 amide bonds. The minimum absolute atomic E-state index is 0.0332. The van der Waals surface area contributed by atoms with Crippen LogP contribution in [0.1, 0.15) is 10.4 Å². The first-order valence-electron chi connectivity index (χ1n) is 7.32. The first kappa shape index (κ1) is 16.2. The highest BCUT2D eigenvalue weighted by Crippen LogP contribution is 2.31. The predicted octanol–water partition coefficient (Wildman–Crippen LogP) is 3.25. The number of nitro groups is 1. The zero-order chi connectivity index (χ0) is 17.8. The van der Waals surface area contributed by atoms with E-state index in [2.05, 4.69) is 15.3 Å². The number of carbonyl (C=O) groups is 1. The molecule has 0 saturated heterocycles. The van der Waals surface area contributed by atoms with Gasteiger partial charge in [-0.15, -0.1) is 0 Å². The molecule has 25 heavy (non-hydrogen) atoms. The molecule has 1 heterocycles. The Morgan fingerprint density at radius 1 is 1.24 bits per heavy atom. The zero-order valence-electron chi connectivity index (χ0n) is 13.2. The highest BCUT2D eigenvalue weighted by Gasteiger charge is 2.25. The van der Waals surface area contributed by atoms with Gasteiger partial charge in [-0.05, 0) is 36.4 Å². The second-order valence-corrected chi connectivity index (χ2v) is 5.08. The third kappa shape index (κ3) is 3.32. The fraction of sp³-hybridized carbons (Fsp3) is 0.0588. The maximum absolute atomic E-state index is 12.4. The first-order chi connectivity index (χ1) is 12.1. The fourth-order valence-corrected chi connectivity index (χ4v) is 2.39. The van der Waals surface area contributed by atoms with E-state index in [0.29, 0.717) is 11.5 Å². The maximum atomic E-state index is 12.4. The summed E-state index contributed by atoms with van der Waals surface area (Å²) in [5.41, 5.74) is 0.932. The van der Waals surface area contributed by atoms with Crippen molar-refractivity contribution in [1.82, 2.24) is 9.97 Å². The Balaban J connectivity index is 1.84. The van der Waals surface area contributed by atoms with Gasteiger partial charge in [-0.2, -0.15) is 0 Å². The molecule has 0 spiro atoms. The van der Waals surface area contributed by atoms with Crippen molar-refractivity contribution in [2.24, 2.45) is 0 Å². The summed E-state index contributed by atoms with van der Waals surface area (Å²) in [7, 11) is 1.32. The minimum atomic E-state index is -0.631. The summed E-state index contributed by atoms with van der Waals surface area (Å²) in [4.78, 5) is 30.2. The Morgan fingerprint density at radius 3 is 2.60 bits per heavy atom. The molecule has 0 bridgehead atoms. The van der Waals surface area contributed by atoms with Gasteiger partial charge in [0, 0.05) is 23.6 Å². The number of para-hydroxylation sites is 1. The SMILES string of the molecule is COc1cccc(C(=O)Nc2ccc(-c3ncc[nH]3)cc2)c1[N+](=O)[O-]. The number of anilines is 1. The number of ether oxygens (including phenoxy) is 1. The lowest BCUT2D eigenvalue weighted by Crippen LogP contribution is -2.14. The van der Waals surface area contributed by atoms with Crippen molar-refractivity contribution in [3.63, 3.8) is 0 Å². The average molecular weight is 338 g/mol. The molecule has 3 rings (SSSR count). The van der Waals surface area contributed by atoms with Crippen LogP contribution >= 0.6 is 0 Å². The van der Waals surface area contributed by atoms with Gasteiger partial charge in [-0.1, -0.05) is 6.07 Å². The Labute approximate surface area is 142 Å². The quantitative estimate of drug-likeness (QED) is 0.548. The number of carbonyl (C=O) groups excluding carboxylic acids is 1. The van der Waals surface area contributed by atoms with Crippen molar-refractivity contribution in [2.45, 2.75) is 0 Å². The van der Waals surface area contributed by atoms with Gasteiger partial charge in [0.05, 0.1) is 12.0 Å². The second kappa shape index (κ2) is 6.83. The Morgan fingerprint density at radius 2 is 2.00 bits per heavy atom. The lowest BCUT2D eigenvalue weighted by molar-refractivity contribution is -0.386. The summed E-state index contributed by atoms with van der Waals surface area (Å²) < 4.78 is 4.97. The maximum Gasteiger partial charge on any atom is 0.323 e. The lowest BCUT2D eigenvalue weighted by Gasteiger charge is -2.08. The molecule has 8 heteroatoms. The molecular formula is C17H14N4O4. The molecule has 8 nitrogen and oxygen atoms in total. The number of nitro benzene ring substituents is 1. The Kier molecular flexibility index (Phi) is 4.42. The van der Waals surface area contributed by atoms with E-state index in [9.17, 15) is 14.9 Å². The molecule has 0 unspecified atom stereocenters. The summed E-state index contributed by atoms with van der Waals surface area (Å²) in [5, 5.41) is 13.9. The number of H-pyrrole nitrogens is 1. The molecule has 0 aliphatic rings. The van der Waals surface area contributed by atoms with Crippen LogP contribution in [0, 0.1) is 10.1 Å². The van der Waals surface area contributed by atoms with E-state index in [1.54, 1.807) is 36.7 Å². The van der Waals surface area contributed by atoms with E-state index in [4.69, 9.17) is 4.74 Å². The van der Waals surface area contributed by atoms with Crippen LogP contribution in [0.25, 0.3) is 11.4 Å². The highest BCUT2D eigenvalue weighted by atomic mass is 16.6. The number of hydrogen-bond acceptors (Lipinski definition) is 5. The number of rotatable bonds is 5. The number of benzene rings is 2. The monoisotopic (exact) mass is 338 g/mol. The number of aromatic amines is 1. The predicted molar refractivity (Wildman–Crippen MR) is 91.6 cm³/mol. The minimum Gasteiger partial charge on any atom is -0.490 e. The molecule has 3 aromatic rings. The van der Waals surface area contributed by atoms with Crippen LogP contribution < -0.4 is 10.1 Å². The van der Waals surface area contributed by atoms with E-state index >= 15 is 0 Å². The van der Waals surface area contributed by atoms with Crippen LogP contribution in [0.3, 0.4) is 0 Å². The Hall–Kier alpha value is -3.68. The third-order valence-electron chi connectivity index (χ3n) is 3.56. The van der Waals surface area contributed by atoms with Crippen molar-refractivity contribution in [3.05, 3.63) is 70.5 Å². The third-order valence-corrected chi connectivity index (χ3v) is 3.56. The molecule has 0 atom stereocenters. The fourth-order valence-electron chi connectivity index (χ4n) is 2.39. The van der Waals surface area contributed by atoms with Gasteiger partial charge in [-0.3, -0.25) is 14.9 Å². The molecule has 0 saturated carbocycles. The second-order valence-electron chi connectivity index (χ2n) is 5.08. The smallest absolute Gasteiger partial charge is 0.323 e. The summed E-state index contributed by atoms with van der Waals surface area (Å²) in [6.45, 7) is 0. The van der Waals surface area contributed by atoms with E-state index in [1.165, 1.54) is 25.3 Å². The number of nitrogens with one attached hydrogen (secondary N) is 2. The topological polar surface area (TPSA) is 110 Å². The molecule has 126 valence electrons. The summed E-state index contributed by atoms with van der Waals surface area (Å²) in [6.07, 6.45) is 3.36. The Bertz CT molecular complexity index is 905.